The van der Waals surface area contributed by atoms with Gasteiger partial charge in [0.1, 0.15) is 5.75 Å². The van der Waals surface area contributed by atoms with Crippen molar-refractivity contribution in [1.82, 2.24) is 10.4 Å². The molecule has 2 aromatic carbocycles. The number of carbonyl (C=O) groups excluding carboxylic acids is 3. The Morgan fingerprint density at radius 3 is 2.24 bits per heavy atom. The maximum absolute atomic E-state index is 12.3. The summed E-state index contributed by atoms with van der Waals surface area (Å²) < 4.78 is 5.47. The van der Waals surface area contributed by atoms with Crippen LogP contribution in [0.1, 0.15) is 27.6 Å². The summed E-state index contributed by atoms with van der Waals surface area (Å²) in [6, 6.07) is 10.9. The van der Waals surface area contributed by atoms with Crippen molar-refractivity contribution < 1.29 is 19.1 Å². The van der Waals surface area contributed by atoms with Gasteiger partial charge < -0.3 is 4.74 Å². The van der Waals surface area contributed by atoms with E-state index in [0.717, 1.165) is 0 Å². The van der Waals surface area contributed by atoms with Crippen LogP contribution in [0.5, 0.6) is 5.75 Å². The molecular weight excluding hydrogens is 367 g/mol. The second kappa shape index (κ2) is 6.74. The van der Waals surface area contributed by atoms with Crippen LogP contribution in [0.4, 0.5) is 0 Å². The smallest absolute Gasteiger partial charge is 0.280 e. The summed E-state index contributed by atoms with van der Waals surface area (Å²) in [5, 5.41) is 1.35. The summed E-state index contributed by atoms with van der Waals surface area (Å²) >= 11 is 11.8. The highest BCUT2D eigenvalue weighted by Crippen LogP contribution is 2.28. The van der Waals surface area contributed by atoms with E-state index in [-0.39, 0.29) is 21.9 Å². The number of carbonyl (C=O) groups is 3. The number of fused-ring (bicyclic) bond motifs is 1. The Balaban J connectivity index is 1.70. The van der Waals surface area contributed by atoms with Crippen molar-refractivity contribution in [3.8, 4) is 5.75 Å². The van der Waals surface area contributed by atoms with Gasteiger partial charge in [0.15, 0.2) is 6.10 Å². The Kier molecular flexibility index (Phi) is 4.65. The molecule has 0 saturated carbocycles. The standard InChI is InChI=1S/C17H12Cl2N2O4/c1-9(25-14-7-6-10(18)8-13(14)19)15(22)20-21-16(23)11-4-2-3-5-12(11)17(21)24/h2-9H,1H3,(H,20,22). The van der Waals surface area contributed by atoms with Crippen LogP contribution in [0.3, 0.4) is 0 Å². The van der Waals surface area contributed by atoms with Crippen molar-refractivity contribution in [2.75, 3.05) is 0 Å². The molecule has 1 heterocycles. The van der Waals surface area contributed by atoms with Gasteiger partial charge in [-0.2, -0.15) is 5.01 Å². The molecule has 0 spiro atoms. The normalized spacial score (nSPS) is 14.3. The highest BCUT2D eigenvalue weighted by atomic mass is 35.5. The Hall–Kier alpha value is -2.57. The summed E-state index contributed by atoms with van der Waals surface area (Å²) in [6.07, 6.45) is -0.997. The number of hydrazine groups is 1. The topological polar surface area (TPSA) is 75.7 Å². The van der Waals surface area contributed by atoms with E-state index in [1.54, 1.807) is 18.2 Å². The van der Waals surface area contributed by atoms with Crippen molar-refractivity contribution in [2.45, 2.75) is 13.0 Å². The first-order valence-electron chi connectivity index (χ1n) is 7.28. The maximum Gasteiger partial charge on any atom is 0.280 e. The minimum absolute atomic E-state index is 0.238. The highest BCUT2D eigenvalue weighted by molar-refractivity contribution is 6.35. The number of nitrogens with one attached hydrogen (secondary N) is 1. The number of halogens is 2. The third-order valence-corrected chi connectivity index (χ3v) is 4.11. The van der Waals surface area contributed by atoms with Gasteiger partial charge in [-0.3, -0.25) is 19.8 Å². The average molecular weight is 379 g/mol. The number of amides is 3. The van der Waals surface area contributed by atoms with Crippen LogP contribution in [0.25, 0.3) is 0 Å². The van der Waals surface area contributed by atoms with Crippen LogP contribution >= 0.6 is 23.2 Å². The molecule has 0 fully saturated rings. The maximum atomic E-state index is 12.3. The molecule has 25 heavy (non-hydrogen) atoms. The van der Waals surface area contributed by atoms with Gasteiger partial charge in [-0.1, -0.05) is 35.3 Å². The van der Waals surface area contributed by atoms with E-state index in [2.05, 4.69) is 5.43 Å². The van der Waals surface area contributed by atoms with E-state index in [9.17, 15) is 14.4 Å². The van der Waals surface area contributed by atoms with Gasteiger partial charge in [0.25, 0.3) is 17.7 Å². The number of ether oxygens (including phenoxy) is 1. The molecule has 1 unspecified atom stereocenters. The highest BCUT2D eigenvalue weighted by Gasteiger charge is 2.37. The first kappa shape index (κ1) is 17.3. The molecule has 8 heteroatoms. The Bertz CT molecular complexity index is 850. The van der Waals surface area contributed by atoms with Crippen molar-refractivity contribution in [3.63, 3.8) is 0 Å². The number of hydrogen-bond acceptors (Lipinski definition) is 4. The van der Waals surface area contributed by atoms with E-state index in [4.69, 9.17) is 27.9 Å². The Morgan fingerprint density at radius 2 is 1.68 bits per heavy atom. The first-order chi connectivity index (χ1) is 11.9. The average Bonchev–Trinajstić information content (AvgIpc) is 2.82. The molecule has 0 saturated heterocycles. The molecular formula is C17H12Cl2N2O4. The lowest BCUT2D eigenvalue weighted by Crippen LogP contribution is -2.50. The van der Waals surface area contributed by atoms with E-state index in [1.165, 1.54) is 31.2 Å². The molecule has 6 nitrogen and oxygen atoms in total. The van der Waals surface area contributed by atoms with Crippen molar-refractivity contribution in [3.05, 3.63) is 63.6 Å². The van der Waals surface area contributed by atoms with Crippen LogP contribution < -0.4 is 10.2 Å². The van der Waals surface area contributed by atoms with E-state index < -0.39 is 23.8 Å². The minimum Gasteiger partial charge on any atom is -0.479 e. The summed E-state index contributed by atoms with van der Waals surface area (Å²) in [4.78, 5) is 36.7. The molecule has 128 valence electrons. The quantitative estimate of drug-likeness (QED) is 0.829. The van der Waals surface area contributed by atoms with Crippen molar-refractivity contribution >= 4 is 40.9 Å². The molecule has 0 radical (unpaired) electrons. The first-order valence-corrected chi connectivity index (χ1v) is 8.04. The number of imide groups is 1. The molecule has 0 bridgehead atoms. The summed E-state index contributed by atoms with van der Waals surface area (Å²) in [5.74, 6) is -1.59. The summed E-state index contributed by atoms with van der Waals surface area (Å²) in [5.41, 5.74) is 2.75. The molecule has 1 aliphatic heterocycles. The van der Waals surface area contributed by atoms with Crippen molar-refractivity contribution in [1.29, 1.82) is 0 Å². The lowest BCUT2D eigenvalue weighted by Gasteiger charge is -2.19. The number of nitrogens with zero attached hydrogens (tertiary/aromatic N) is 1. The summed E-state index contributed by atoms with van der Waals surface area (Å²) in [6.45, 7) is 1.47. The molecule has 2 aromatic rings. The predicted octanol–water partition coefficient (Wildman–Crippen LogP) is 3.09. The van der Waals surface area contributed by atoms with Crippen LogP contribution in [0, 0.1) is 0 Å². The van der Waals surface area contributed by atoms with Gasteiger partial charge >= 0.3 is 0 Å². The lowest BCUT2D eigenvalue weighted by molar-refractivity contribution is -0.130. The molecule has 1 N–H and O–H groups in total. The van der Waals surface area contributed by atoms with Gasteiger partial charge in [-0.25, -0.2) is 0 Å². The van der Waals surface area contributed by atoms with Gasteiger partial charge in [0.05, 0.1) is 16.1 Å². The van der Waals surface area contributed by atoms with Gasteiger partial charge in [0, 0.05) is 5.02 Å². The molecule has 1 atom stereocenters. The second-order valence-corrected chi connectivity index (χ2v) is 6.15. The molecule has 0 aromatic heterocycles. The van der Waals surface area contributed by atoms with E-state index in [0.29, 0.717) is 10.0 Å². The molecule has 1 aliphatic rings. The Labute approximate surface area is 153 Å². The van der Waals surface area contributed by atoms with Crippen LogP contribution in [-0.4, -0.2) is 28.8 Å². The number of rotatable bonds is 4. The molecule has 0 aliphatic carbocycles. The molecule has 3 rings (SSSR count). The zero-order valence-corrected chi connectivity index (χ0v) is 14.5. The minimum atomic E-state index is -0.997. The second-order valence-electron chi connectivity index (χ2n) is 5.30. The molecule has 3 amide bonds. The van der Waals surface area contributed by atoms with E-state index in [1.807, 2.05) is 0 Å². The zero-order valence-electron chi connectivity index (χ0n) is 13.0. The largest absolute Gasteiger partial charge is 0.479 e. The summed E-state index contributed by atoms with van der Waals surface area (Å²) in [7, 11) is 0. The predicted molar refractivity (Wildman–Crippen MR) is 91.6 cm³/mol. The monoisotopic (exact) mass is 378 g/mol. The van der Waals surface area contributed by atoms with Gasteiger partial charge in [0.2, 0.25) is 0 Å². The third-order valence-electron chi connectivity index (χ3n) is 3.58. The fraction of sp³-hybridized carbons (Fsp3) is 0.118. The SMILES string of the molecule is CC(Oc1ccc(Cl)cc1Cl)C(=O)NN1C(=O)c2ccccc2C1=O. The Morgan fingerprint density at radius 1 is 1.08 bits per heavy atom. The van der Waals surface area contributed by atoms with Crippen LogP contribution in [-0.2, 0) is 4.79 Å². The van der Waals surface area contributed by atoms with Crippen LogP contribution in [0.2, 0.25) is 10.0 Å². The third kappa shape index (κ3) is 3.31. The number of benzene rings is 2. The van der Waals surface area contributed by atoms with Crippen LogP contribution in [0.15, 0.2) is 42.5 Å². The van der Waals surface area contributed by atoms with Crippen molar-refractivity contribution in [2.24, 2.45) is 0 Å². The lowest BCUT2D eigenvalue weighted by atomic mass is 10.1. The van der Waals surface area contributed by atoms with E-state index >= 15 is 0 Å². The van der Waals surface area contributed by atoms with Gasteiger partial charge in [-0.05, 0) is 37.3 Å². The van der Waals surface area contributed by atoms with Gasteiger partial charge in [-0.15, -0.1) is 0 Å². The fourth-order valence-corrected chi connectivity index (χ4v) is 2.76. The fourth-order valence-electron chi connectivity index (χ4n) is 2.31. The zero-order chi connectivity index (χ0) is 18.1. The number of hydrogen-bond donors (Lipinski definition) is 1.